The molecule has 0 saturated heterocycles. The van der Waals surface area contributed by atoms with E-state index in [2.05, 4.69) is 10.1 Å². The van der Waals surface area contributed by atoms with Crippen molar-refractivity contribution < 1.29 is 9.32 Å². The number of nitrogens with zero attached hydrogens (tertiary/aromatic N) is 4. The Balaban J connectivity index is 1.74. The molecule has 1 aromatic carbocycles. The highest BCUT2D eigenvalue weighted by molar-refractivity contribution is 5.96. The Labute approximate surface area is 182 Å². The molecular weight excluding hydrogens is 388 g/mol. The van der Waals surface area contributed by atoms with Crippen molar-refractivity contribution in [2.24, 2.45) is 0 Å². The van der Waals surface area contributed by atoms with Crippen molar-refractivity contribution in [2.45, 2.75) is 40.3 Å². The van der Waals surface area contributed by atoms with Gasteiger partial charge in [0.25, 0.3) is 5.91 Å². The largest absolute Gasteiger partial charge is 0.360 e. The Morgan fingerprint density at radius 2 is 1.81 bits per heavy atom. The first-order valence-corrected chi connectivity index (χ1v) is 10.3. The van der Waals surface area contributed by atoms with E-state index in [1.54, 1.807) is 6.20 Å². The maximum Gasteiger partial charge on any atom is 0.256 e. The quantitative estimate of drug-likeness (QED) is 0.436. The zero-order chi connectivity index (χ0) is 22.0. The second kappa shape index (κ2) is 8.60. The Hall–Kier alpha value is -3.67. The van der Waals surface area contributed by atoms with Crippen LogP contribution in [-0.4, -0.2) is 25.5 Å². The van der Waals surface area contributed by atoms with E-state index in [0.717, 1.165) is 28.4 Å². The van der Waals surface area contributed by atoms with Crippen molar-refractivity contribution in [1.29, 1.82) is 0 Å². The molecule has 31 heavy (non-hydrogen) atoms. The zero-order valence-corrected chi connectivity index (χ0v) is 18.2. The van der Waals surface area contributed by atoms with Gasteiger partial charge in [-0.3, -0.25) is 14.3 Å². The molecule has 4 rings (SSSR count). The summed E-state index contributed by atoms with van der Waals surface area (Å²) in [5.74, 6) is 1.37. The number of pyridine rings is 1. The van der Waals surface area contributed by atoms with Gasteiger partial charge in [-0.05, 0) is 51.5 Å². The molecule has 3 aromatic heterocycles. The van der Waals surface area contributed by atoms with E-state index in [9.17, 15) is 4.79 Å². The van der Waals surface area contributed by atoms with E-state index in [-0.39, 0.29) is 11.9 Å². The van der Waals surface area contributed by atoms with Gasteiger partial charge in [0.1, 0.15) is 5.76 Å². The van der Waals surface area contributed by atoms with Crippen molar-refractivity contribution >= 4 is 5.91 Å². The van der Waals surface area contributed by atoms with Crippen molar-refractivity contribution in [3.63, 3.8) is 0 Å². The van der Waals surface area contributed by atoms with Crippen molar-refractivity contribution in [2.75, 3.05) is 0 Å². The van der Waals surface area contributed by atoms with Crippen LogP contribution in [0.25, 0.3) is 5.82 Å². The predicted molar refractivity (Wildman–Crippen MR) is 119 cm³/mol. The van der Waals surface area contributed by atoms with Gasteiger partial charge < -0.3 is 9.42 Å². The van der Waals surface area contributed by atoms with Crippen LogP contribution < -0.4 is 0 Å². The first kappa shape index (κ1) is 20.6. The summed E-state index contributed by atoms with van der Waals surface area (Å²) in [4.78, 5) is 20.2. The Morgan fingerprint density at radius 3 is 2.45 bits per heavy atom. The number of carbonyl (C=O) groups is 1. The van der Waals surface area contributed by atoms with Crippen molar-refractivity contribution in [3.8, 4) is 5.82 Å². The molecule has 6 heteroatoms. The highest BCUT2D eigenvalue weighted by Crippen LogP contribution is 2.27. The minimum absolute atomic E-state index is 0.0402. The molecule has 0 aliphatic carbocycles. The molecule has 1 amide bonds. The summed E-state index contributed by atoms with van der Waals surface area (Å²) < 4.78 is 7.20. The fourth-order valence-corrected chi connectivity index (χ4v) is 3.89. The summed E-state index contributed by atoms with van der Waals surface area (Å²) in [5, 5.41) is 4.13. The molecule has 4 aromatic rings. The average Bonchev–Trinajstić information content (AvgIpc) is 3.34. The average molecular weight is 415 g/mol. The topological polar surface area (TPSA) is 64.2 Å². The minimum atomic E-state index is -0.189. The van der Waals surface area contributed by atoms with Crippen LogP contribution in [0.4, 0.5) is 0 Å². The lowest BCUT2D eigenvalue weighted by molar-refractivity contribution is 0.0669. The SMILES string of the molecule is Cc1cc(-n2c(C)cc(C(=O)N(Cc3ccccc3)C(C)c3ccccn3)c2C)no1. The highest BCUT2D eigenvalue weighted by atomic mass is 16.5. The molecule has 0 bridgehead atoms. The van der Waals surface area contributed by atoms with Crippen molar-refractivity contribution in [1.82, 2.24) is 19.6 Å². The molecular formula is C25H26N4O2. The third kappa shape index (κ3) is 4.14. The van der Waals surface area contributed by atoms with E-state index in [4.69, 9.17) is 4.52 Å². The summed E-state index contributed by atoms with van der Waals surface area (Å²) in [6.45, 7) is 8.27. The van der Waals surface area contributed by atoms with Gasteiger partial charge in [0.2, 0.25) is 0 Å². The smallest absolute Gasteiger partial charge is 0.256 e. The number of rotatable bonds is 6. The number of amides is 1. The first-order valence-electron chi connectivity index (χ1n) is 10.3. The lowest BCUT2D eigenvalue weighted by Crippen LogP contribution is -2.34. The van der Waals surface area contributed by atoms with Crippen LogP contribution in [0.5, 0.6) is 0 Å². The Bertz CT molecular complexity index is 1180. The molecule has 1 unspecified atom stereocenters. The zero-order valence-electron chi connectivity index (χ0n) is 18.2. The molecule has 0 radical (unpaired) electrons. The number of carbonyl (C=O) groups excluding carboxylic acids is 1. The van der Waals surface area contributed by atoms with Crippen LogP contribution in [0.3, 0.4) is 0 Å². The molecule has 3 heterocycles. The number of hydrogen-bond acceptors (Lipinski definition) is 4. The molecule has 0 saturated carbocycles. The second-order valence-electron chi connectivity index (χ2n) is 7.77. The van der Waals surface area contributed by atoms with Crippen LogP contribution in [0.2, 0.25) is 0 Å². The van der Waals surface area contributed by atoms with Crippen LogP contribution in [0.1, 0.15) is 51.7 Å². The number of aromatic nitrogens is 3. The number of aryl methyl sites for hydroxylation is 2. The van der Waals surface area contributed by atoms with Crippen LogP contribution in [-0.2, 0) is 6.54 Å². The number of benzene rings is 1. The van der Waals surface area contributed by atoms with Gasteiger partial charge >= 0.3 is 0 Å². The fourth-order valence-electron chi connectivity index (χ4n) is 3.89. The third-order valence-corrected chi connectivity index (χ3v) is 5.55. The van der Waals surface area contributed by atoms with Gasteiger partial charge in [0.05, 0.1) is 17.3 Å². The van der Waals surface area contributed by atoms with E-state index in [1.807, 2.05) is 97.8 Å². The normalized spacial score (nSPS) is 12.0. The highest BCUT2D eigenvalue weighted by Gasteiger charge is 2.27. The molecule has 0 fully saturated rings. The van der Waals surface area contributed by atoms with Gasteiger partial charge in [0.15, 0.2) is 5.82 Å². The molecule has 0 spiro atoms. The summed E-state index contributed by atoms with van der Waals surface area (Å²) in [6.07, 6.45) is 1.76. The Morgan fingerprint density at radius 1 is 1.06 bits per heavy atom. The molecule has 158 valence electrons. The van der Waals surface area contributed by atoms with Crippen molar-refractivity contribution in [3.05, 3.63) is 101 Å². The molecule has 0 aliphatic heterocycles. The first-order chi connectivity index (χ1) is 15.0. The monoisotopic (exact) mass is 414 g/mol. The van der Waals surface area contributed by atoms with Crippen LogP contribution in [0, 0.1) is 20.8 Å². The second-order valence-corrected chi connectivity index (χ2v) is 7.77. The Kier molecular flexibility index (Phi) is 5.71. The van der Waals surface area contributed by atoms with Gasteiger partial charge in [-0.15, -0.1) is 0 Å². The molecule has 0 N–H and O–H groups in total. The van der Waals surface area contributed by atoms with Gasteiger partial charge in [-0.1, -0.05) is 41.6 Å². The fraction of sp³-hybridized carbons (Fsp3) is 0.240. The van der Waals surface area contributed by atoms with Crippen LogP contribution in [0.15, 0.2) is 71.4 Å². The van der Waals surface area contributed by atoms with E-state index in [0.29, 0.717) is 17.9 Å². The summed E-state index contributed by atoms with van der Waals surface area (Å²) in [7, 11) is 0. The summed E-state index contributed by atoms with van der Waals surface area (Å²) in [6, 6.07) is 19.4. The van der Waals surface area contributed by atoms with Gasteiger partial charge in [-0.25, -0.2) is 0 Å². The minimum Gasteiger partial charge on any atom is -0.360 e. The molecule has 0 aliphatic rings. The maximum absolute atomic E-state index is 13.8. The van der Waals surface area contributed by atoms with Crippen LogP contribution >= 0.6 is 0 Å². The number of hydrogen-bond donors (Lipinski definition) is 0. The van der Waals surface area contributed by atoms with E-state index < -0.39 is 0 Å². The lowest BCUT2D eigenvalue weighted by atomic mass is 10.1. The van der Waals surface area contributed by atoms with Gasteiger partial charge in [0, 0.05) is 30.2 Å². The third-order valence-electron chi connectivity index (χ3n) is 5.55. The maximum atomic E-state index is 13.8. The van der Waals surface area contributed by atoms with E-state index >= 15 is 0 Å². The standard InChI is InChI=1S/C25H26N4O2/c1-17-14-22(19(3)29(17)24-15-18(2)31-27-24)25(30)28(16-21-10-6-5-7-11-21)20(4)23-12-8-9-13-26-23/h5-15,20H,16H2,1-4H3. The predicted octanol–water partition coefficient (Wildman–Crippen LogP) is 5.19. The van der Waals surface area contributed by atoms with Gasteiger partial charge in [-0.2, -0.15) is 0 Å². The lowest BCUT2D eigenvalue weighted by Gasteiger charge is -2.29. The van der Waals surface area contributed by atoms with E-state index in [1.165, 1.54) is 0 Å². The summed E-state index contributed by atoms with van der Waals surface area (Å²) >= 11 is 0. The summed E-state index contributed by atoms with van der Waals surface area (Å²) in [5.41, 5.74) is 4.34. The molecule has 6 nitrogen and oxygen atoms in total. The molecule has 1 atom stereocenters.